The first kappa shape index (κ1) is 22.6. The summed E-state index contributed by atoms with van der Waals surface area (Å²) in [5.41, 5.74) is 4.88. The Kier molecular flexibility index (Phi) is 9.70. The maximum absolute atomic E-state index is 4.41. The van der Waals surface area contributed by atoms with E-state index in [4.69, 9.17) is 0 Å². The number of likely N-dealkylation sites (tertiary alicyclic amines) is 1. The Morgan fingerprint density at radius 3 is 2.36 bits per heavy atom. The molecule has 6 heteroatoms. The average Bonchev–Trinajstić information content (AvgIpc) is 2.71. The van der Waals surface area contributed by atoms with E-state index in [1.165, 1.54) is 49.0 Å². The number of halogens is 1. The number of benzene rings is 1. The number of rotatable bonds is 6. The van der Waals surface area contributed by atoms with E-state index in [1.807, 2.05) is 12.3 Å². The van der Waals surface area contributed by atoms with Gasteiger partial charge in [0.1, 0.15) is 0 Å². The van der Waals surface area contributed by atoms with Crippen LogP contribution in [-0.2, 0) is 19.6 Å². The lowest BCUT2D eigenvalue weighted by atomic mass is 10.1. The Morgan fingerprint density at radius 2 is 1.68 bits per heavy atom. The molecule has 1 aliphatic rings. The van der Waals surface area contributed by atoms with Crippen LogP contribution in [0.5, 0.6) is 0 Å². The predicted octanol–water partition coefficient (Wildman–Crippen LogP) is 3.86. The van der Waals surface area contributed by atoms with Gasteiger partial charge in [-0.3, -0.25) is 14.9 Å². The normalized spacial score (nSPS) is 15.0. The molecule has 3 rings (SSSR count). The molecule has 1 saturated heterocycles. The van der Waals surface area contributed by atoms with Gasteiger partial charge in [-0.1, -0.05) is 36.8 Å². The maximum atomic E-state index is 4.41. The zero-order valence-electron chi connectivity index (χ0n) is 16.9. The minimum absolute atomic E-state index is 0. The highest BCUT2D eigenvalue weighted by molar-refractivity contribution is 14.0. The smallest absolute Gasteiger partial charge is 0.191 e. The number of guanidine groups is 1. The van der Waals surface area contributed by atoms with Crippen molar-refractivity contribution in [2.45, 2.75) is 45.8 Å². The van der Waals surface area contributed by atoms with E-state index in [0.29, 0.717) is 6.54 Å². The quantitative estimate of drug-likeness (QED) is 0.365. The third-order valence-corrected chi connectivity index (χ3v) is 5.10. The van der Waals surface area contributed by atoms with Gasteiger partial charge in [0.05, 0.1) is 12.2 Å². The summed E-state index contributed by atoms with van der Waals surface area (Å²) in [5.74, 6) is 0.789. The number of piperidine rings is 1. The molecule has 2 aromatic rings. The number of aliphatic imine (C=N–C) groups is 1. The number of aromatic nitrogens is 1. The molecule has 2 N–H and O–H groups in total. The number of hydrogen-bond acceptors (Lipinski definition) is 3. The highest BCUT2D eigenvalue weighted by Crippen LogP contribution is 2.13. The van der Waals surface area contributed by atoms with Crippen LogP contribution in [0.3, 0.4) is 0 Å². The van der Waals surface area contributed by atoms with Gasteiger partial charge in [0.2, 0.25) is 0 Å². The topological polar surface area (TPSA) is 52.6 Å². The Labute approximate surface area is 186 Å². The van der Waals surface area contributed by atoms with Gasteiger partial charge < -0.3 is 10.6 Å². The maximum Gasteiger partial charge on any atom is 0.191 e. The molecule has 0 saturated carbocycles. The highest BCUT2D eigenvalue weighted by atomic mass is 127. The third kappa shape index (κ3) is 7.05. The lowest BCUT2D eigenvalue weighted by molar-refractivity contribution is 0.221. The molecule has 0 amide bonds. The van der Waals surface area contributed by atoms with E-state index in [-0.39, 0.29) is 24.0 Å². The van der Waals surface area contributed by atoms with E-state index in [0.717, 1.165) is 24.7 Å². The lowest BCUT2D eigenvalue weighted by Gasteiger charge is -2.26. The van der Waals surface area contributed by atoms with Crippen LogP contribution in [0, 0.1) is 6.92 Å². The van der Waals surface area contributed by atoms with Crippen LogP contribution in [0.1, 0.15) is 41.6 Å². The van der Waals surface area contributed by atoms with Crippen LogP contribution >= 0.6 is 24.0 Å². The van der Waals surface area contributed by atoms with E-state index < -0.39 is 0 Å². The monoisotopic (exact) mass is 493 g/mol. The largest absolute Gasteiger partial charge is 0.352 e. The molecular formula is C22H32IN5. The second kappa shape index (κ2) is 12.0. The number of nitrogens with zero attached hydrogens (tertiary/aromatic N) is 3. The summed E-state index contributed by atoms with van der Waals surface area (Å²) < 4.78 is 0. The van der Waals surface area contributed by atoms with Crippen LogP contribution in [0.4, 0.5) is 0 Å². The molecule has 1 aromatic heterocycles. The van der Waals surface area contributed by atoms with Crippen molar-refractivity contribution in [2.75, 3.05) is 20.1 Å². The van der Waals surface area contributed by atoms with Crippen LogP contribution in [0.25, 0.3) is 0 Å². The fourth-order valence-corrected chi connectivity index (χ4v) is 3.42. The van der Waals surface area contributed by atoms with Crippen molar-refractivity contribution in [1.82, 2.24) is 20.5 Å². The molecule has 0 aliphatic carbocycles. The fraction of sp³-hybridized carbons (Fsp3) is 0.455. The molecular weight excluding hydrogens is 461 g/mol. The van der Waals surface area contributed by atoms with Crippen molar-refractivity contribution in [3.8, 4) is 0 Å². The number of pyridine rings is 1. The Bertz CT molecular complexity index is 739. The summed E-state index contributed by atoms with van der Waals surface area (Å²) >= 11 is 0. The number of nitrogens with one attached hydrogen (secondary N) is 2. The Hall–Kier alpha value is -1.67. The van der Waals surface area contributed by atoms with Gasteiger partial charge in [-0.05, 0) is 55.6 Å². The zero-order valence-corrected chi connectivity index (χ0v) is 19.3. The van der Waals surface area contributed by atoms with Gasteiger partial charge in [0.15, 0.2) is 5.96 Å². The molecule has 1 aromatic carbocycles. The molecule has 0 spiro atoms. The van der Waals surface area contributed by atoms with Crippen LogP contribution in [-0.4, -0.2) is 36.0 Å². The first-order valence-corrected chi connectivity index (χ1v) is 9.90. The highest BCUT2D eigenvalue weighted by Gasteiger charge is 2.10. The SMILES string of the molecule is CN=C(NCc1ccc(CN2CCCCC2)cc1)NCc1ncccc1C.I. The van der Waals surface area contributed by atoms with Crippen molar-refractivity contribution in [3.05, 3.63) is 65.0 Å². The number of hydrogen-bond donors (Lipinski definition) is 2. The van der Waals surface area contributed by atoms with Crippen LogP contribution in [0.15, 0.2) is 47.6 Å². The first-order valence-electron chi connectivity index (χ1n) is 9.90. The van der Waals surface area contributed by atoms with Crippen molar-refractivity contribution < 1.29 is 0 Å². The molecule has 1 fully saturated rings. The van der Waals surface area contributed by atoms with Crippen molar-refractivity contribution in [1.29, 1.82) is 0 Å². The van der Waals surface area contributed by atoms with Crippen LogP contribution in [0.2, 0.25) is 0 Å². The summed E-state index contributed by atoms with van der Waals surface area (Å²) in [4.78, 5) is 11.3. The second-order valence-electron chi connectivity index (χ2n) is 7.20. The molecule has 1 aliphatic heterocycles. The van der Waals surface area contributed by atoms with Gasteiger partial charge >= 0.3 is 0 Å². The summed E-state index contributed by atoms with van der Waals surface area (Å²) in [6.07, 6.45) is 5.89. The first-order chi connectivity index (χ1) is 13.2. The van der Waals surface area contributed by atoms with Crippen LogP contribution < -0.4 is 10.6 Å². The second-order valence-corrected chi connectivity index (χ2v) is 7.20. The summed E-state index contributed by atoms with van der Waals surface area (Å²) in [7, 11) is 1.79. The van der Waals surface area contributed by atoms with Gasteiger partial charge in [-0.2, -0.15) is 0 Å². The van der Waals surface area contributed by atoms with E-state index >= 15 is 0 Å². The third-order valence-electron chi connectivity index (χ3n) is 5.10. The predicted molar refractivity (Wildman–Crippen MR) is 127 cm³/mol. The molecule has 0 atom stereocenters. The van der Waals surface area contributed by atoms with E-state index in [1.54, 1.807) is 7.05 Å². The minimum Gasteiger partial charge on any atom is -0.352 e. The summed E-state index contributed by atoms with van der Waals surface area (Å²) in [5, 5.41) is 6.71. The van der Waals surface area contributed by atoms with Crippen molar-refractivity contribution >= 4 is 29.9 Å². The molecule has 28 heavy (non-hydrogen) atoms. The molecule has 0 radical (unpaired) electrons. The molecule has 2 heterocycles. The Balaban J connectivity index is 0.00000280. The molecule has 0 unspecified atom stereocenters. The lowest BCUT2D eigenvalue weighted by Crippen LogP contribution is -2.36. The molecule has 152 valence electrons. The van der Waals surface area contributed by atoms with Gasteiger partial charge in [-0.15, -0.1) is 24.0 Å². The molecule has 5 nitrogen and oxygen atoms in total. The van der Waals surface area contributed by atoms with Crippen molar-refractivity contribution in [3.63, 3.8) is 0 Å². The van der Waals surface area contributed by atoms with Crippen molar-refractivity contribution in [2.24, 2.45) is 4.99 Å². The summed E-state index contributed by atoms with van der Waals surface area (Å²) in [6.45, 7) is 7.04. The Morgan fingerprint density at radius 1 is 1.00 bits per heavy atom. The van der Waals surface area contributed by atoms with E-state index in [9.17, 15) is 0 Å². The van der Waals surface area contributed by atoms with E-state index in [2.05, 4.69) is 62.8 Å². The average molecular weight is 493 g/mol. The number of aryl methyl sites for hydroxylation is 1. The van der Waals surface area contributed by atoms with Gasteiger partial charge in [0, 0.05) is 26.3 Å². The molecule has 0 bridgehead atoms. The minimum atomic E-state index is 0. The van der Waals surface area contributed by atoms with Gasteiger partial charge in [0.25, 0.3) is 0 Å². The zero-order chi connectivity index (χ0) is 18.9. The summed E-state index contributed by atoms with van der Waals surface area (Å²) in [6, 6.07) is 13.0. The fourth-order valence-electron chi connectivity index (χ4n) is 3.42. The standard InChI is InChI=1S/C22H31N5.HI/c1-18-7-6-12-24-21(18)16-26-22(23-2)25-15-19-8-10-20(11-9-19)17-27-13-4-3-5-14-27;/h6-12H,3-5,13-17H2,1-2H3,(H2,23,25,26);1H. The van der Waals surface area contributed by atoms with Gasteiger partial charge in [-0.25, -0.2) is 0 Å².